The molecule has 1 fully saturated rings. The molecule has 0 aromatic heterocycles. The smallest absolute Gasteiger partial charge is 0.225 e. The Morgan fingerprint density at radius 3 is 2.52 bits per heavy atom. The number of rotatable bonds is 5. The largest absolute Gasteiger partial charge is 0.333 e. The lowest BCUT2D eigenvalue weighted by atomic mass is 10.2. The third-order valence-corrected chi connectivity index (χ3v) is 5.73. The number of carbonyl (C=O) groups excluding carboxylic acids is 1. The summed E-state index contributed by atoms with van der Waals surface area (Å²) in [6.07, 6.45) is 0.867. The van der Waals surface area contributed by atoms with Gasteiger partial charge in [-0.05, 0) is 36.2 Å². The van der Waals surface area contributed by atoms with Crippen LogP contribution in [0.25, 0.3) is 0 Å². The highest BCUT2D eigenvalue weighted by Gasteiger charge is 2.34. The van der Waals surface area contributed by atoms with Gasteiger partial charge in [-0.25, -0.2) is 0 Å². The number of anilines is 1. The van der Waals surface area contributed by atoms with Crippen molar-refractivity contribution in [3.8, 4) is 0 Å². The zero-order valence-corrected chi connectivity index (χ0v) is 17.7. The van der Waals surface area contributed by atoms with Crippen LogP contribution in [0.2, 0.25) is 5.02 Å². The highest BCUT2D eigenvalue weighted by atomic mass is 35.5. The van der Waals surface area contributed by atoms with Gasteiger partial charge in [-0.3, -0.25) is 14.7 Å². The van der Waals surface area contributed by atoms with Crippen LogP contribution in [-0.4, -0.2) is 41.5 Å². The number of hydrogen-bond donors (Lipinski definition) is 0. The van der Waals surface area contributed by atoms with E-state index in [1.165, 1.54) is 5.56 Å². The molecule has 0 aliphatic carbocycles. The van der Waals surface area contributed by atoms with Crippen molar-refractivity contribution in [1.82, 2.24) is 4.90 Å². The van der Waals surface area contributed by atoms with Crippen molar-refractivity contribution in [3.05, 3.63) is 65.2 Å². The Kier molecular flexibility index (Phi) is 8.02. The molecular formula is C20H23Cl2N3OS. The van der Waals surface area contributed by atoms with Gasteiger partial charge in [0.2, 0.25) is 5.91 Å². The lowest BCUT2D eigenvalue weighted by Crippen LogP contribution is -2.48. The van der Waals surface area contributed by atoms with Crippen LogP contribution in [0.1, 0.15) is 12.5 Å². The Hall–Kier alpha value is -1.69. The van der Waals surface area contributed by atoms with Crippen LogP contribution < -0.4 is 4.90 Å². The number of carbonyl (C=O) groups is 1. The van der Waals surface area contributed by atoms with Gasteiger partial charge in [0.1, 0.15) is 6.17 Å². The van der Waals surface area contributed by atoms with Crippen LogP contribution in [0.4, 0.5) is 5.69 Å². The van der Waals surface area contributed by atoms with Crippen molar-refractivity contribution < 1.29 is 4.79 Å². The molecule has 0 saturated carbocycles. The molecule has 1 unspecified atom stereocenters. The van der Waals surface area contributed by atoms with E-state index in [0.717, 1.165) is 29.6 Å². The number of halogens is 2. The summed E-state index contributed by atoms with van der Waals surface area (Å²) < 4.78 is 0. The molecule has 1 heterocycles. The molecule has 1 atom stereocenters. The molecule has 1 amide bonds. The summed E-state index contributed by atoms with van der Waals surface area (Å²) in [5, 5.41) is 1.64. The topological polar surface area (TPSA) is 35.9 Å². The average molecular weight is 424 g/mol. The summed E-state index contributed by atoms with van der Waals surface area (Å²) in [5.41, 5.74) is 2.13. The Morgan fingerprint density at radius 2 is 1.89 bits per heavy atom. The number of aliphatic imine (C=N–C) groups is 1. The molecule has 7 heteroatoms. The van der Waals surface area contributed by atoms with Crippen LogP contribution >= 0.6 is 35.8 Å². The summed E-state index contributed by atoms with van der Waals surface area (Å²) in [6.45, 7) is 2.34. The maximum Gasteiger partial charge on any atom is 0.225 e. The number of thioether (sulfide) groups is 1. The molecule has 2 aromatic carbocycles. The number of benzene rings is 2. The summed E-state index contributed by atoms with van der Waals surface area (Å²) >= 11 is 7.67. The molecule has 1 aliphatic heterocycles. The second-order valence-electron chi connectivity index (χ2n) is 6.17. The fourth-order valence-electron chi connectivity index (χ4n) is 2.99. The van der Waals surface area contributed by atoms with E-state index in [-0.39, 0.29) is 24.5 Å². The maximum atomic E-state index is 12.3. The van der Waals surface area contributed by atoms with Crippen LogP contribution in [0.3, 0.4) is 0 Å². The predicted octanol–water partition coefficient (Wildman–Crippen LogP) is 4.72. The van der Waals surface area contributed by atoms with E-state index < -0.39 is 0 Å². The van der Waals surface area contributed by atoms with Crippen LogP contribution in [0, 0.1) is 0 Å². The zero-order valence-electron chi connectivity index (χ0n) is 15.3. The first-order valence-corrected chi connectivity index (χ1v) is 9.92. The van der Waals surface area contributed by atoms with Crippen LogP contribution in [-0.2, 0) is 11.2 Å². The Balaban J connectivity index is 0.00000261. The van der Waals surface area contributed by atoms with E-state index in [2.05, 4.69) is 17.0 Å². The van der Waals surface area contributed by atoms with Crippen molar-refractivity contribution in [2.24, 2.45) is 4.99 Å². The minimum Gasteiger partial charge on any atom is -0.333 e. The lowest BCUT2D eigenvalue weighted by molar-refractivity contribution is -0.117. The molecule has 3 rings (SSSR count). The van der Waals surface area contributed by atoms with Crippen LogP contribution in [0.15, 0.2) is 59.6 Å². The van der Waals surface area contributed by atoms with E-state index in [9.17, 15) is 4.79 Å². The fourth-order valence-corrected chi connectivity index (χ4v) is 4.29. The third kappa shape index (κ3) is 5.41. The molecule has 27 heavy (non-hydrogen) atoms. The standard InChI is InChI=1S/C20H22ClN3OS.ClH/c1-15(25)24(18-10-8-17(21)9-11-18)19-14-26-20(23(19)2)22-13-12-16-6-4-3-5-7-16;/h3-11,19H,12-14H2,1-2H3;1H. The summed E-state index contributed by atoms with van der Waals surface area (Å²) in [4.78, 5) is 20.9. The number of amidine groups is 1. The molecule has 0 spiro atoms. The molecule has 144 valence electrons. The van der Waals surface area contributed by atoms with E-state index in [1.807, 2.05) is 54.4 Å². The van der Waals surface area contributed by atoms with Crippen molar-refractivity contribution in [3.63, 3.8) is 0 Å². The number of nitrogens with zero attached hydrogens (tertiary/aromatic N) is 3. The molecule has 1 aliphatic rings. The molecule has 4 nitrogen and oxygen atoms in total. The number of hydrogen-bond acceptors (Lipinski definition) is 3. The van der Waals surface area contributed by atoms with Gasteiger partial charge in [0.15, 0.2) is 5.17 Å². The van der Waals surface area contributed by atoms with Crippen molar-refractivity contribution >= 4 is 52.5 Å². The monoisotopic (exact) mass is 423 g/mol. The highest BCUT2D eigenvalue weighted by Crippen LogP contribution is 2.29. The Labute approximate surface area is 176 Å². The SMILES string of the molecule is CC(=O)N(c1ccc(Cl)cc1)C1CSC(=NCCc2ccccc2)N1C.Cl. The zero-order chi connectivity index (χ0) is 18.5. The van der Waals surface area contributed by atoms with E-state index in [1.54, 1.807) is 18.7 Å². The summed E-state index contributed by atoms with van der Waals surface area (Å²) in [5.74, 6) is 0.804. The normalized spacial score (nSPS) is 17.7. The van der Waals surface area contributed by atoms with Gasteiger partial charge in [0.05, 0.1) is 0 Å². The second-order valence-corrected chi connectivity index (χ2v) is 7.59. The molecule has 1 saturated heterocycles. The highest BCUT2D eigenvalue weighted by molar-refractivity contribution is 8.14. The van der Waals surface area contributed by atoms with Gasteiger partial charge in [0, 0.05) is 37.0 Å². The first-order valence-electron chi connectivity index (χ1n) is 8.55. The number of amides is 1. The molecule has 2 aromatic rings. The Bertz CT molecular complexity index is 784. The van der Waals surface area contributed by atoms with Gasteiger partial charge >= 0.3 is 0 Å². The van der Waals surface area contributed by atoms with E-state index in [0.29, 0.717) is 5.02 Å². The van der Waals surface area contributed by atoms with E-state index in [4.69, 9.17) is 16.6 Å². The molecule has 0 radical (unpaired) electrons. The van der Waals surface area contributed by atoms with Crippen molar-refractivity contribution in [2.45, 2.75) is 19.5 Å². The van der Waals surface area contributed by atoms with Gasteiger partial charge in [-0.1, -0.05) is 53.7 Å². The van der Waals surface area contributed by atoms with Crippen molar-refractivity contribution in [1.29, 1.82) is 0 Å². The van der Waals surface area contributed by atoms with Gasteiger partial charge in [-0.2, -0.15) is 0 Å². The van der Waals surface area contributed by atoms with Crippen LogP contribution in [0.5, 0.6) is 0 Å². The Morgan fingerprint density at radius 1 is 1.22 bits per heavy atom. The first kappa shape index (κ1) is 21.6. The lowest BCUT2D eigenvalue weighted by Gasteiger charge is -2.32. The average Bonchev–Trinajstić information content (AvgIpc) is 2.98. The second kappa shape index (κ2) is 10.0. The van der Waals surface area contributed by atoms with Gasteiger partial charge in [0.25, 0.3) is 0 Å². The third-order valence-electron chi connectivity index (χ3n) is 4.34. The summed E-state index contributed by atoms with van der Waals surface area (Å²) in [6, 6.07) is 17.7. The summed E-state index contributed by atoms with van der Waals surface area (Å²) in [7, 11) is 2.00. The predicted molar refractivity (Wildman–Crippen MR) is 118 cm³/mol. The van der Waals surface area contributed by atoms with Gasteiger partial charge < -0.3 is 4.90 Å². The minimum absolute atomic E-state index is 0. The minimum atomic E-state index is -0.0471. The molecular weight excluding hydrogens is 401 g/mol. The van der Waals surface area contributed by atoms with Crippen molar-refractivity contribution in [2.75, 3.05) is 24.2 Å². The van der Waals surface area contributed by atoms with Gasteiger partial charge in [-0.15, -0.1) is 12.4 Å². The quantitative estimate of drug-likeness (QED) is 0.697. The maximum absolute atomic E-state index is 12.3. The molecule has 0 N–H and O–H groups in total. The fraction of sp³-hybridized carbons (Fsp3) is 0.300. The first-order chi connectivity index (χ1) is 12.6. The molecule has 0 bridgehead atoms. The van der Waals surface area contributed by atoms with E-state index >= 15 is 0 Å².